The first-order chi connectivity index (χ1) is 9.25. The van der Waals surface area contributed by atoms with Gasteiger partial charge in [0.15, 0.2) is 0 Å². The maximum atomic E-state index is 10.7. The molecule has 0 aromatic carbocycles. The molecule has 114 valence electrons. The van der Waals surface area contributed by atoms with E-state index >= 15 is 0 Å². The molecule has 20 heavy (non-hydrogen) atoms. The Kier molecular flexibility index (Phi) is 5.74. The molecule has 1 N–H and O–H groups in total. The summed E-state index contributed by atoms with van der Waals surface area (Å²) in [6.07, 6.45) is 0.900. The first-order valence-corrected chi connectivity index (χ1v) is 7.23. The molecule has 0 aliphatic heterocycles. The zero-order valence-electron chi connectivity index (χ0n) is 13.5. The average Bonchev–Trinajstić information content (AvgIpc) is 2.57. The van der Waals surface area contributed by atoms with Crippen molar-refractivity contribution in [3.63, 3.8) is 0 Å². The highest BCUT2D eigenvalue weighted by Crippen LogP contribution is 2.28. The molecule has 0 spiro atoms. The summed E-state index contributed by atoms with van der Waals surface area (Å²) in [6.45, 7) is 11.4. The van der Waals surface area contributed by atoms with Crippen LogP contribution in [0.5, 0.6) is 0 Å². The number of rotatable bonds is 7. The summed E-state index contributed by atoms with van der Waals surface area (Å²) in [6, 6.07) is 0.621. The van der Waals surface area contributed by atoms with E-state index in [4.69, 9.17) is 5.11 Å². The predicted octanol–water partition coefficient (Wildman–Crippen LogP) is 2.67. The van der Waals surface area contributed by atoms with Crippen molar-refractivity contribution < 1.29 is 9.90 Å². The highest BCUT2D eigenvalue weighted by atomic mass is 16.4. The first-order valence-electron chi connectivity index (χ1n) is 7.23. The Balaban J connectivity index is 2.88. The van der Waals surface area contributed by atoms with Crippen LogP contribution >= 0.6 is 0 Å². The van der Waals surface area contributed by atoms with Gasteiger partial charge in [-0.25, -0.2) is 0 Å². The molecule has 0 aliphatic rings. The first kappa shape index (κ1) is 16.7. The SMILES string of the molecule is Cc1nn(C)c(C)c1C(C)N(CCCC(=O)O)C(C)C. The number of hydrogen-bond acceptors (Lipinski definition) is 3. The minimum absolute atomic E-state index is 0.223. The molecule has 1 aromatic heterocycles. The number of carboxylic acid groups (broad SMARTS) is 1. The summed E-state index contributed by atoms with van der Waals surface area (Å²) >= 11 is 0. The molecule has 0 amide bonds. The van der Waals surface area contributed by atoms with Crippen molar-refractivity contribution in [2.75, 3.05) is 6.54 Å². The van der Waals surface area contributed by atoms with Crippen molar-refractivity contribution in [2.24, 2.45) is 7.05 Å². The van der Waals surface area contributed by atoms with Crippen LogP contribution in [-0.2, 0) is 11.8 Å². The summed E-state index contributed by atoms with van der Waals surface area (Å²) in [7, 11) is 1.96. The number of carbonyl (C=O) groups is 1. The van der Waals surface area contributed by atoms with Crippen LogP contribution in [0.3, 0.4) is 0 Å². The Morgan fingerprint density at radius 1 is 1.35 bits per heavy atom. The van der Waals surface area contributed by atoms with Crippen LogP contribution in [0.1, 0.15) is 56.6 Å². The van der Waals surface area contributed by atoms with Gasteiger partial charge >= 0.3 is 5.97 Å². The van der Waals surface area contributed by atoms with Gasteiger partial charge in [0, 0.05) is 36.8 Å². The number of carboxylic acids is 1. The van der Waals surface area contributed by atoms with Gasteiger partial charge in [0.1, 0.15) is 0 Å². The van der Waals surface area contributed by atoms with Crippen LogP contribution < -0.4 is 0 Å². The van der Waals surface area contributed by atoms with Crippen LogP contribution in [0.15, 0.2) is 0 Å². The molecular weight excluding hydrogens is 254 g/mol. The van der Waals surface area contributed by atoms with Crippen LogP contribution in [0.4, 0.5) is 0 Å². The molecular formula is C15H27N3O2. The van der Waals surface area contributed by atoms with E-state index in [9.17, 15) is 4.79 Å². The van der Waals surface area contributed by atoms with Crippen molar-refractivity contribution in [2.45, 2.75) is 59.5 Å². The monoisotopic (exact) mass is 281 g/mol. The molecule has 1 atom stereocenters. The Hall–Kier alpha value is -1.36. The van der Waals surface area contributed by atoms with Gasteiger partial charge in [-0.1, -0.05) is 0 Å². The molecule has 0 radical (unpaired) electrons. The van der Waals surface area contributed by atoms with E-state index in [0.717, 1.165) is 12.2 Å². The second-order valence-electron chi connectivity index (χ2n) is 5.71. The summed E-state index contributed by atoms with van der Waals surface area (Å²) in [5.41, 5.74) is 3.50. The summed E-state index contributed by atoms with van der Waals surface area (Å²) in [5, 5.41) is 13.3. The molecule has 0 saturated carbocycles. The quantitative estimate of drug-likeness (QED) is 0.835. The van der Waals surface area contributed by atoms with Gasteiger partial charge in [-0.3, -0.25) is 14.4 Å². The van der Waals surface area contributed by atoms with Gasteiger partial charge in [-0.2, -0.15) is 5.10 Å². The highest BCUT2D eigenvalue weighted by molar-refractivity contribution is 5.66. The Morgan fingerprint density at radius 2 is 1.95 bits per heavy atom. The van der Waals surface area contributed by atoms with Crippen molar-refractivity contribution in [1.29, 1.82) is 0 Å². The van der Waals surface area contributed by atoms with E-state index in [1.165, 1.54) is 11.3 Å². The number of hydrogen-bond donors (Lipinski definition) is 1. The fraction of sp³-hybridized carbons (Fsp3) is 0.733. The Bertz CT molecular complexity index is 466. The molecule has 0 saturated heterocycles. The Morgan fingerprint density at radius 3 is 2.35 bits per heavy atom. The van der Waals surface area contributed by atoms with Crippen LogP contribution in [0.2, 0.25) is 0 Å². The maximum Gasteiger partial charge on any atom is 0.303 e. The van der Waals surface area contributed by atoms with E-state index in [2.05, 4.69) is 37.7 Å². The molecule has 0 fully saturated rings. The lowest BCUT2D eigenvalue weighted by atomic mass is 10.0. The van der Waals surface area contributed by atoms with Crippen LogP contribution in [-0.4, -0.2) is 38.3 Å². The lowest BCUT2D eigenvalue weighted by Crippen LogP contribution is -2.35. The fourth-order valence-electron chi connectivity index (χ4n) is 2.87. The molecule has 1 heterocycles. The van der Waals surface area contributed by atoms with Gasteiger partial charge in [0.25, 0.3) is 0 Å². The average molecular weight is 281 g/mol. The second-order valence-corrected chi connectivity index (χ2v) is 5.71. The smallest absolute Gasteiger partial charge is 0.303 e. The molecule has 5 nitrogen and oxygen atoms in total. The molecule has 1 rings (SSSR count). The fourth-order valence-corrected chi connectivity index (χ4v) is 2.87. The van der Waals surface area contributed by atoms with Crippen LogP contribution in [0.25, 0.3) is 0 Å². The molecule has 0 aliphatic carbocycles. The molecule has 5 heteroatoms. The third kappa shape index (κ3) is 3.82. The van der Waals surface area contributed by atoms with Gasteiger partial charge < -0.3 is 5.11 Å². The third-order valence-corrected chi connectivity index (χ3v) is 3.95. The van der Waals surface area contributed by atoms with Crippen molar-refractivity contribution in [3.05, 3.63) is 17.0 Å². The summed E-state index contributed by atoms with van der Waals surface area (Å²) in [4.78, 5) is 13.0. The van der Waals surface area contributed by atoms with Gasteiger partial charge in [0.05, 0.1) is 5.69 Å². The van der Waals surface area contributed by atoms with Crippen molar-refractivity contribution in [1.82, 2.24) is 14.7 Å². The minimum Gasteiger partial charge on any atom is -0.481 e. The zero-order chi connectivity index (χ0) is 15.4. The van der Waals surface area contributed by atoms with Crippen LogP contribution in [0, 0.1) is 13.8 Å². The van der Waals surface area contributed by atoms with Gasteiger partial charge in [-0.15, -0.1) is 0 Å². The zero-order valence-corrected chi connectivity index (χ0v) is 13.5. The minimum atomic E-state index is -0.727. The number of aryl methyl sites for hydroxylation is 2. The van der Waals surface area contributed by atoms with Gasteiger partial charge in [0.2, 0.25) is 0 Å². The lowest BCUT2D eigenvalue weighted by Gasteiger charge is -2.33. The van der Waals surface area contributed by atoms with Crippen molar-refractivity contribution in [3.8, 4) is 0 Å². The standard InChI is InChI=1S/C15H27N3O2/c1-10(2)18(9-7-8-14(19)20)13(5)15-11(3)16-17(6)12(15)4/h10,13H,7-9H2,1-6H3,(H,19,20). The normalized spacial score (nSPS) is 13.2. The lowest BCUT2D eigenvalue weighted by molar-refractivity contribution is -0.137. The largest absolute Gasteiger partial charge is 0.481 e. The van der Waals surface area contributed by atoms with Crippen molar-refractivity contribution >= 4 is 5.97 Å². The predicted molar refractivity (Wildman–Crippen MR) is 79.8 cm³/mol. The number of aromatic nitrogens is 2. The van der Waals surface area contributed by atoms with Gasteiger partial charge in [-0.05, 0) is 47.6 Å². The molecule has 0 bridgehead atoms. The Labute approximate surface area is 121 Å². The van der Waals surface area contributed by atoms with E-state index in [1.54, 1.807) is 0 Å². The number of aliphatic carboxylic acids is 1. The third-order valence-electron chi connectivity index (χ3n) is 3.95. The summed E-state index contributed by atoms with van der Waals surface area (Å²) in [5.74, 6) is -0.727. The molecule has 1 aromatic rings. The highest BCUT2D eigenvalue weighted by Gasteiger charge is 2.24. The van der Waals surface area contributed by atoms with E-state index in [-0.39, 0.29) is 12.5 Å². The van der Waals surface area contributed by atoms with E-state index < -0.39 is 5.97 Å². The van der Waals surface area contributed by atoms with E-state index in [0.29, 0.717) is 12.5 Å². The maximum absolute atomic E-state index is 10.7. The summed E-state index contributed by atoms with van der Waals surface area (Å²) < 4.78 is 1.91. The van der Waals surface area contributed by atoms with E-state index in [1.807, 2.05) is 18.7 Å². The topological polar surface area (TPSA) is 58.4 Å². The second kappa shape index (κ2) is 6.88. The molecule has 1 unspecified atom stereocenters. The number of nitrogens with zero attached hydrogens (tertiary/aromatic N) is 3.